The summed E-state index contributed by atoms with van der Waals surface area (Å²) in [4.78, 5) is 4.96. The fraction of sp³-hybridized carbons (Fsp3) is 0.600. The molecular formula is C15H25N3O. The van der Waals surface area contributed by atoms with E-state index in [2.05, 4.69) is 46.3 Å². The summed E-state index contributed by atoms with van der Waals surface area (Å²) in [5.74, 6) is 0. The Kier molecular flexibility index (Phi) is 5.63. The Labute approximate surface area is 116 Å². The maximum absolute atomic E-state index is 8.84. The van der Waals surface area contributed by atoms with Crippen LogP contribution in [0.4, 0.5) is 5.69 Å². The monoisotopic (exact) mass is 263 g/mol. The van der Waals surface area contributed by atoms with E-state index in [-0.39, 0.29) is 6.61 Å². The molecule has 0 spiro atoms. The Bertz CT molecular complexity index is 375. The number of hydrogen-bond donors (Lipinski definition) is 2. The van der Waals surface area contributed by atoms with Crippen molar-refractivity contribution in [3.8, 4) is 0 Å². The molecule has 2 N–H and O–H groups in total. The van der Waals surface area contributed by atoms with E-state index in [0.29, 0.717) is 6.54 Å². The lowest BCUT2D eigenvalue weighted by Gasteiger charge is -2.36. The normalized spacial score (nSPS) is 16.8. The Hall–Kier alpha value is -1.10. The molecule has 1 aliphatic heterocycles. The van der Waals surface area contributed by atoms with Gasteiger partial charge in [-0.15, -0.1) is 0 Å². The van der Waals surface area contributed by atoms with Crippen molar-refractivity contribution in [2.45, 2.75) is 13.5 Å². The van der Waals surface area contributed by atoms with Gasteiger partial charge in [-0.25, -0.2) is 0 Å². The van der Waals surface area contributed by atoms with Gasteiger partial charge in [0.2, 0.25) is 0 Å². The van der Waals surface area contributed by atoms with E-state index in [1.807, 2.05) is 0 Å². The van der Waals surface area contributed by atoms with Gasteiger partial charge in [-0.1, -0.05) is 25.1 Å². The molecule has 1 aromatic rings. The largest absolute Gasteiger partial charge is 0.395 e. The number of anilines is 1. The van der Waals surface area contributed by atoms with Crippen molar-refractivity contribution >= 4 is 5.69 Å². The molecule has 1 fully saturated rings. The molecule has 2 rings (SSSR count). The second kappa shape index (κ2) is 7.48. The van der Waals surface area contributed by atoms with Crippen molar-refractivity contribution in [1.82, 2.24) is 10.2 Å². The molecule has 19 heavy (non-hydrogen) atoms. The smallest absolute Gasteiger partial charge is 0.0556 e. The molecule has 0 atom stereocenters. The van der Waals surface area contributed by atoms with Gasteiger partial charge in [0.1, 0.15) is 0 Å². The summed E-state index contributed by atoms with van der Waals surface area (Å²) < 4.78 is 0. The summed E-state index contributed by atoms with van der Waals surface area (Å²) in [6.45, 7) is 9.54. The molecule has 0 aliphatic carbocycles. The average Bonchev–Trinajstić information content (AvgIpc) is 2.48. The number of aliphatic hydroxyl groups excluding tert-OH is 1. The van der Waals surface area contributed by atoms with E-state index >= 15 is 0 Å². The van der Waals surface area contributed by atoms with Gasteiger partial charge >= 0.3 is 0 Å². The highest BCUT2D eigenvalue weighted by Gasteiger charge is 2.17. The molecule has 1 heterocycles. The predicted octanol–water partition coefficient (Wildman–Crippen LogP) is 0.910. The number of likely N-dealkylation sites (N-methyl/N-ethyl adjacent to an activating group) is 1. The lowest BCUT2D eigenvalue weighted by Crippen LogP contribution is -2.46. The number of nitrogens with one attached hydrogen (secondary N) is 1. The third kappa shape index (κ3) is 3.93. The standard InChI is InChI=1S/C15H25N3O/c1-2-17-8-10-18(11-9-17)15-6-4-3-5-14(15)13-16-7-12-19/h3-6,16,19H,2,7-13H2,1H3. The summed E-state index contributed by atoms with van der Waals surface area (Å²) in [6.07, 6.45) is 0. The van der Waals surface area contributed by atoms with Crippen molar-refractivity contribution in [1.29, 1.82) is 0 Å². The van der Waals surface area contributed by atoms with E-state index in [9.17, 15) is 0 Å². The van der Waals surface area contributed by atoms with Crippen LogP contribution < -0.4 is 10.2 Å². The van der Waals surface area contributed by atoms with Crippen LogP contribution in [0.15, 0.2) is 24.3 Å². The van der Waals surface area contributed by atoms with Crippen molar-refractivity contribution in [3.05, 3.63) is 29.8 Å². The van der Waals surface area contributed by atoms with Gasteiger partial charge in [-0.2, -0.15) is 0 Å². The highest BCUT2D eigenvalue weighted by Crippen LogP contribution is 2.21. The molecule has 1 aliphatic rings. The molecule has 0 radical (unpaired) electrons. The van der Waals surface area contributed by atoms with E-state index < -0.39 is 0 Å². The van der Waals surface area contributed by atoms with Gasteiger partial charge in [0.25, 0.3) is 0 Å². The van der Waals surface area contributed by atoms with Crippen LogP contribution in [0.25, 0.3) is 0 Å². The quantitative estimate of drug-likeness (QED) is 0.748. The summed E-state index contributed by atoms with van der Waals surface area (Å²) >= 11 is 0. The molecule has 0 bridgehead atoms. The van der Waals surface area contributed by atoms with Crippen LogP contribution in [-0.4, -0.2) is 55.9 Å². The second-order valence-electron chi connectivity index (χ2n) is 4.95. The fourth-order valence-corrected chi connectivity index (χ4v) is 2.58. The number of rotatable bonds is 6. The van der Waals surface area contributed by atoms with E-state index in [1.54, 1.807) is 0 Å². The average molecular weight is 263 g/mol. The molecule has 4 nitrogen and oxygen atoms in total. The van der Waals surface area contributed by atoms with Crippen LogP contribution in [0.3, 0.4) is 0 Å². The van der Waals surface area contributed by atoms with Crippen LogP contribution >= 0.6 is 0 Å². The summed E-state index contributed by atoms with van der Waals surface area (Å²) in [5, 5.41) is 12.1. The number of nitrogens with zero attached hydrogens (tertiary/aromatic N) is 2. The van der Waals surface area contributed by atoms with Crippen LogP contribution in [-0.2, 0) is 6.54 Å². The summed E-state index contributed by atoms with van der Waals surface area (Å²) in [7, 11) is 0. The molecule has 106 valence electrons. The molecule has 1 saturated heterocycles. The summed E-state index contributed by atoms with van der Waals surface area (Å²) in [6, 6.07) is 8.57. The first-order valence-electron chi connectivity index (χ1n) is 7.22. The topological polar surface area (TPSA) is 38.7 Å². The van der Waals surface area contributed by atoms with Crippen molar-refractivity contribution in [2.24, 2.45) is 0 Å². The van der Waals surface area contributed by atoms with Gasteiger partial charge in [0, 0.05) is 45.0 Å². The van der Waals surface area contributed by atoms with Gasteiger partial charge in [-0.3, -0.25) is 0 Å². The number of benzene rings is 1. The van der Waals surface area contributed by atoms with Crippen LogP contribution in [0.1, 0.15) is 12.5 Å². The lowest BCUT2D eigenvalue weighted by atomic mass is 10.1. The van der Waals surface area contributed by atoms with Gasteiger partial charge in [0.05, 0.1) is 6.61 Å². The van der Waals surface area contributed by atoms with Gasteiger partial charge in [-0.05, 0) is 18.2 Å². The first-order valence-corrected chi connectivity index (χ1v) is 7.22. The van der Waals surface area contributed by atoms with Crippen molar-refractivity contribution < 1.29 is 5.11 Å². The second-order valence-corrected chi connectivity index (χ2v) is 4.95. The molecule has 0 saturated carbocycles. The fourth-order valence-electron chi connectivity index (χ4n) is 2.58. The zero-order valence-electron chi connectivity index (χ0n) is 11.8. The Balaban J connectivity index is 1.99. The van der Waals surface area contributed by atoms with E-state index in [4.69, 9.17) is 5.11 Å². The molecule has 0 aromatic heterocycles. The van der Waals surface area contributed by atoms with E-state index in [1.165, 1.54) is 11.3 Å². The Morgan fingerprint density at radius 2 is 1.89 bits per heavy atom. The molecule has 1 aromatic carbocycles. The minimum absolute atomic E-state index is 0.192. The van der Waals surface area contributed by atoms with Crippen molar-refractivity contribution in [2.75, 3.05) is 50.8 Å². The first kappa shape index (κ1) is 14.3. The zero-order valence-corrected chi connectivity index (χ0v) is 11.8. The number of piperazine rings is 1. The molecule has 0 amide bonds. The molecular weight excluding hydrogens is 238 g/mol. The number of hydrogen-bond acceptors (Lipinski definition) is 4. The SMILES string of the molecule is CCN1CCN(c2ccccc2CNCCO)CC1. The third-order valence-electron chi connectivity index (χ3n) is 3.76. The van der Waals surface area contributed by atoms with Gasteiger partial charge in [0.15, 0.2) is 0 Å². The van der Waals surface area contributed by atoms with Crippen LogP contribution in [0.2, 0.25) is 0 Å². The zero-order chi connectivity index (χ0) is 13.5. The lowest BCUT2D eigenvalue weighted by molar-refractivity contribution is 0.271. The van der Waals surface area contributed by atoms with Gasteiger partial charge < -0.3 is 20.2 Å². The summed E-state index contributed by atoms with van der Waals surface area (Å²) in [5.41, 5.74) is 2.66. The maximum atomic E-state index is 8.84. The number of aliphatic hydroxyl groups is 1. The minimum Gasteiger partial charge on any atom is -0.395 e. The molecule has 4 heteroatoms. The minimum atomic E-state index is 0.192. The maximum Gasteiger partial charge on any atom is 0.0556 e. The highest BCUT2D eigenvalue weighted by atomic mass is 16.3. The molecule has 0 unspecified atom stereocenters. The van der Waals surface area contributed by atoms with Crippen LogP contribution in [0.5, 0.6) is 0 Å². The Morgan fingerprint density at radius 3 is 2.58 bits per heavy atom. The highest BCUT2D eigenvalue weighted by molar-refractivity contribution is 5.54. The van der Waals surface area contributed by atoms with E-state index in [0.717, 1.165) is 39.3 Å². The Morgan fingerprint density at radius 1 is 1.16 bits per heavy atom. The predicted molar refractivity (Wildman–Crippen MR) is 79.6 cm³/mol. The van der Waals surface area contributed by atoms with Crippen molar-refractivity contribution in [3.63, 3.8) is 0 Å². The van der Waals surface area contributed by atoms with Crippen LogP contribution in [0, 0.1) is 0 Å². The first-order chi connectivity index (χ1) is 9.35. The number of para-hydroxylation sites is 1. The third-order valence-corrected chi connectivity index (χ3v) is 3.76.